The SMILES string of the molecule is CNc1nc2sccn2c1S(=O)(=O)N1CCCC(C)C1C. The molecule has 0 aliphatic carbocycles. The molecule has 0 amide bonds. The zero-order valence-electron chi connectivity index (χ0n) is 12.4. The Morgan fingerprint density at radius 3 is 2.90 bits per heavy atom. The molecule has 0 spiro atoms. The van der Waals surface area contributed by atoms with Crippen LogP contribution < -0.4 is 5.32 Å². The number of imidazole rings is 1. The molecule has 21 heavy (non-hydrogen) atoms. The van der Waals surface area contributed by atoms with E-state index in [0.717, 1.165) is 12.8 Å². The van der Waals surface area contributed by atoms with Crippen LogP contribution in [0.5, 0.6) is 0 Å². The van der Waals surface area contributed by atoms with Gasteiger partial charge in [-0.2, -0.15) is 4.31 Å². The Kier molecular flexibility index (Phi) is 3.71. The number of nitrogens with one attached hydrogen (secondary N) is 1. The smallest absolute Gasteiger partial charge is 0.263 e. The number of aromatic nitrogens is 2. The van der Waals surface area contributed by atoms with E-state index in [-0.39, 0.29) is 11.1 Å². The fraction of sp³-hybridized carbons (Fsp3) is 0.615. The molecule has 116 valence electrons. The first-order valence-electron chi connectivity index (χ1n) is 7.12. The molecule has 0 radical (unpaired) electrons. The third-order valence-electron chi connectivity index (χ3n) is 4.32. The lowest BCUT2D eigenvalue weighted by atomic mass is 9.94. The molecule has 3 heterocycles. The summed E-state index contributed by atoms with van der Waals surface area (Å²) in [6, 6.07) is 0.0117. The minimum Gasteiger partial charge on any atom is -0.371 e. The number of hydrogen-bond acceptors (Lipinski definition) is 5. The average molecular weight is 328 g/mol. The van der Waals surface area contributed by atoms with Gasteiger partial charge in [-0.15, -0.1) is 11.3 Å². The molecular formula is C13H20N4O2S2. The average Bonchev–Trinajstić information content (AvgIpc) is 3.00. The van der Waals surface area contributed by atoms with Gasteiger partial charge in [0, 0.05) is 31.2 Å². The van der Waals surface area contributed by atoms with Gasteiger partial charge in [0.25, 0.3) is 10.0 Å². The molecule has 2 unspecified atom stereocenters. The second-order valence-electron chi connectivity index (χ2n) is 5.55. The fourth-order valence-corrected chi connectivity index (χ4v) is 5.72. The van der Waals surface area contributed by atoms with Crippen LogP contribution in [0, 0.1) is 5.92 Å². The van der Waals surface area contributed by atoms with Crippen LogP contribution in [0.4, 0.5) is 5.82 Å². The first kappa shape index (κ1) is 14.8. The van der Waals surface area contributed by atoms with Crippen LogP contribution in [0.3, 0.4) is 0 Å². The van der Waals surface area contributed by atoms with E-state index >= 15 is 0 Å². The predicted octanol–water partition coefficient (Wildman–Crippen LogP) is 2.25. The highest BCUT2D eigenvalue weighted by Crippen LogP contribution is 2.33. The van der Waals surface area contributed by atoms with Crippen molar-refractivity contribution in [3.63, 3.8) is 0 Å². The summed E-state index contributed by atoms with van der Waals surface area (Å²) in [5.41, 5.74) is 0. The molecule has 2 aromatic heterocycles. The summed E-state index contributed by atoms with van der Waals surface area (Å²) >= 11 is 1.43. The summed E-state index contributed by atoms with van der Waals surface area (Å²) in [5.74, 6) is 0.796. The predicted molar refractivity (Wildman–Crippen MR) is 84.4 cm³/mol. The Hall–Kier alpha value is -1.12. The van der Waals surface area contributed by atoms with Crippen molar-refractivity contribution in [1.82, 2.24) is 13.7 Å². The third-order valence-corrected chi connectivity index (χ3v) is 7.09. The van der Waals surface area contributed by atoms with Crippen LogP contribution in [0.2, 0.25) is 0 Å². The molecule has 1 fully saturated rings. The van der Waals surface area contributed by atoms with Gasteiger partial charge in [0.05, 0.1) is 0 Å². The highest BCUT2D eigenvalue weighted by atomic mass is 32.2. The Balaban J connectivity index is 2.13. The monoisotopic (exact) mass is 328 g/mol. The van der Waals surface area contributed by atoms with Crippen LogP contribution in [0.1, 0.15) is 26.7 Å². The van der Waals surface area contributed by atoms with Crippen molar-refractivity contribution in [2.45, 2.75) is 37.8 Å². The van der Waals surface area contributed by atoms with Crippen LogP contribution in [-0.2, 0) is 10.0 Å². The molecule has 6 nitrogen and oxygen atoms in total. The van der Waals surface area contributed by atoms with Gasteiger partial charge in [-0.25, -0.2) is 13.4 Å². The van der Waals surface area contributed by atoms with E-state index < -0.39 is 10.0 Å². The lowest BCUT2D eigenvalue weighted by molar-refractivity contribution is 0.202. The van der Waals surface area contributed by atoms with E-state index in [4.69, 9.17) is 0 Å². The van der Waals surface area contributed by atoms with Crippen molar-refractivity contribution >= 4 is 32.1 Å². The first-order valence-corrected chi connectivity index (χ1v) is 9.44. The number of hydrogen-bond donors (Lipinski definition) is 1. The van der Waals surface area contributed by atoms with Gasteiger partial charge in [0.15, 0.2) is 15.8 Å². The molecular weight excluding hydrogens is 308 g/mol. The van der Waals surface area contributed by atoms with E-state index in [0.29, 0.717) is 23.2 Å². The lowest BCUT2D eigenvalue weighted by Gasteiger charge is -2.36. The molecule has 1 aliphatic heterocycles. The molecule has 2 aromatic rings. The van der Waals surface area contributed by atoms with Gasteiger partial charge in [0.2, 0.25) is 0 Å². The number of fused-ring (bicyclic) bond motifs is 1. The molecule has 0 saturated carbocycles. The minimum atomic E-state index is -3.56. The van der Waals surface area contributed by atoms with Crippen molar-refractivity contribution in [2.75, 3.05) is 18.9 Å². The second kappa shape index (κ2) is 5.26. The number of sulfonamides is 1. The Labute approximate surface area is 128 Å². The minimum absolute atomic E-state index is 0.0117. The van der Waals surface area contributed by atoms with Gasteiger partial charge in [-0.1, -0.05) is 6.92 Å². The zero-order valence-corrected chi connectivity index (χ0v) is 14.0. The van der Waals surface area contributed by atoms with Gasteiger partial charge in [-0.05, 0) is 25.7 Å². The van der Waals surface area contributed by atoms with Crippen molar-refractivity contribution < 1.29 is 8.42 Å². The van der Waals surface area contributed by atoms with Crippen molar-refractivity contribution in [1.29, 1.82) is 0 Å². The number of rotatable bonds is 3. The maximum absolute atomic E-state index is 13.1. The van der Waals surface area contributed by atoms with Gasteiger partial charge < -0.3 is 5.32 Å². The summed E-state index contributed by atoms with van der Waals surface area (Å²) in [4.78, 5) is 5.05. The Morgan fingerprint density at radius 1 is 1.43 bits per heavy atom. The molecule has 2 atom stereocenters. The van der Waals surface area contributed by atoms with Gasteiger partial charge in [0.1, 0.15) is 0 Å². The van der Waals surface area contributed by atoms with Crippen LogP contribution in [0.15, 0.2) is 16.6 Å². The number of nitrogens with zero attached hydrogens (tertiary/aromatic N) is 3. The number of thiazole rings is 1. The zero-order chi connectivity index (χ0) is 15.2. The van der Waals surface area contributed by atoms with E-state index in [9.17, 15) is 8.42 Å². The molecule has 1 saturated heterocycles. The van der Waals surface area contributed by atoms with Crippen molar-refractivity contribution in [2.24, 2.45) is 5.92 Å². The first-order chi connectivity index (χ1) is 9.96. The quantitative estimate of drug-likeness (QED) is 0.938. The third kappa shape index (κ3) is 2.25. The number of piperidine rings is 1. The molecule has 1 aliphatic rings. The standard InChI is InChI=1S/C13H20N4O2S2/c1-9-5-4-6-17(10(9)2)21(18,19)12-11(14-3)15-13-16(12)7-8-20-13/h7-10,14H,4-6H2,1-3H3. The van der Waals surface area contributed by atoms with Gasteiger partial charge >= 0.3 is 0 Å². The summed E-state index contributed by atoms with van der Waals surface area (Å²) in [7, 11) is -1.86. The topological polar surface area (TPSA) is 66.7 Å². The maximum Gasteiger partial charge on any atom is 0.263 e. The molecule has 0 aromatic carbocycles. The highest BCUT2D eigenvalue weighted by molar-refractivity contribution is 7.89. The second-order valence-corrected chi connectivity index (χ2v) is 8.23. The van der Waals surface area contributed by atoms with E-state index in [1.54, 1.807) is 22.0 Å². The summed E-state index contributed by atoms with van der Waals surface area (Å²) in [6.45, 7) is 4.68. The maximum atomic E-state index is 13.1. The van der Waals surface area contributed by atoms with Crippen LogP contribution >= 0.6 is 11.3 Å². The van der Waals surface area contributed by atoms with Crippen LogP contribution in [-0.4, -0.2) is 41.7 Å². The van der Waals surface area contributed by atoms with E-state index in [1.165, 1.54) is 11.3 Å². The Bertz CT molecular complexity index is 749. The summed E-state index contributed by atoms with van der Waals surface area (Å²) in [6.07, 6.45) is 3.75. The highest BCUT2D eigenvalue weighted by Gasteiger charge is 2.38. The largest absolute Gasteiger partial charge is 0.371 e. The molecule has 3 rings (SSSR count). The lowest BCUT2D eigenvalue weighted by Crippen LogP contribution is -2.46. The summed E-state index contributed by atoms with van der Waals surface area (Å²) < 4.78 is 29.5. The van der Waals surface area contributed by atoms with E-state index in [1.807, 2.05) is 12.3 Å². The van der Waals surface area contributed by atoms with E-state index in [2.05, 4.69) is 17.2 Å². The molecule has 8 heteroatoms. The number of anilines is 1. The normalized spacial score (nSPS) is 24.5. The summed E-state index contributed by atoms with van der Waals surface area (Å²) in [5, 5.41) is 5.01. The van der Waals surface area contributed by atoms with Crippen molar-refractivity contribution in [3.8, 4) is 0 Å². The fourth-order valence-electron chi connectivity index (χ4n) is 2.92. The van der Waals surface area contributed by atoms with Crippen molar-refractivity contribution in [3.05, 3.63) is 11.6 Å². The molecule has 1 N–H and O–H groups in total. The van der Waals surface area contributed by atoms with Gasteiger partial charge in [-0.3, -0.25) is 4.40 Å². The molecule has 0 bridgehead atoms. The van der Waals surface area contributed by atoms with Crippen LogP contribution in [0.25, 0.3) is 4.96 Å². The Morgan fingerprint density at radius 2 is 2.19 bits per heavy atom.